The van der Waals surface area contributed by atoms with Crippen molar-refractivity contribution in [2.75, 3.05) is 26.8 Å². The molecule has 3 heterocycles. The van der Waals surface area contributed by atoms with Crippen molar-refractivity contribution in [1.29, 1.82) is 0 Å². The van der Waals surface area contributed by atoms with Crippen LogP contribution in [0.5, 0.6) is 0 Å². The van der Waals surface area contributed by atoms with Crippen molar-refractivity contribution in [1.82, 2.24) is 24.6 Å². The first-order valence-corrected chi connectivity index (χ1v) is 8.19. The van der Waals surface area contributed by atoms with Crippen molar-refractivity contribution in [2.24, 2.45) is 7.05 Å². The molecule has 7 nitrogen and oxygen atoms in total. The zero-order chi connectivity index (χ0) is 17.1. The first-order valence-electron chi connectivity index (χ1n) is 8.19. The van der Waals surface area contributed by atoms with Crippen LogP contribution in [0.15, 0.2) is 18.3 Å². The largest absolute Gasteiger partial charge is 0.375 e. The molecule has 128 valence electrons. The zero-order valence-electron chi connectivity index (χ0n) is 14.4. The molecule has 24 heavy (non-hydrogen) atoms. The number of hydrogen-bond acceptors (Lipinski definition) is 5. The molecule has 1 unspecified atom stereocenters. The van der Waals surface area contributed by atoms with Gasteiger partial charge >= 0.3 is 0 Å². The van der Waals surface area contributed by atoms with Gasteiger partial charge in [0.15, 0.2) is 0 Å². The minimum atomic E-state index is 0.0415. The van der Waals surface area contributed by atoms with Crippen molar-refractivity contribution in [3.05, 3.63) is 29.8 Å². The lowest BCUT2D eigenvalue weighted by atomic mass is 9.93. The molecule has 0 aliphatic carbocycles. The Hall–Kier alpha value is -2.28. The van der Waals surface area contributed by atoms with E-state index in [0.29, 0.717) is 6.54 Å². The second-order valence-electron chi connectivity index (χ2n) is 6.18. The number of carbonyl (C=O) groups is 1. The van der Waals surface area contributed by atoms with Crippen molar-refractivity contribution >= 4 is 5.91 Å². The number of ether oxygens (including phenoxy) is 1. The van der Waals surface area contributed by atoms with Gasteiger partial charge in [-0.05, 0) is 31.9 Å². The van der Waals surface area contributed by atoms with Crippen LogP contribution in [0, 0.1) is 6.92 Å². The van der Waals surface area contributed by atoms with E-state index in [9.17, 15) is 4.79 Å². The Balaban J connectivity index is 1.85. The van der Waals surface area contributed by atoms with E-state index >= 15 is 0 Å². The highest BCUT2D eigenvalue weighted by molar-refractivity contribution is 5.77. The summed E-state index contributed by atoms with van der Waals surface area (Å²) in [6, 6.07) is 3.97. The fourth-order valence-electron chi connectivity index (χ4n) is 3.22. The Labute approximate surface area is 141 Å². The third-order valence-corrected chi connectivity index (χ3v) is 4.40. The fraction of sp³-hybridized carbons (Fsp3) is 0.529. The average molecular weight is 329 g/mol. The molecule has 0 N–H and O–H groups in total. The lowest BCUT2D eigenvalue weighted by Crippen LogP contribution is -2.41. The molecule has 2 aromatic heterocycles. The first kappa shape index (κ1) is 16.6. The summed E-state index contributed by atoms with van der Waals surface area (Å²) in [5.74, 6) is 1.01. The maximum atomic E-state index is 12.1. The predicted molar refractivity (Wildman–Crippen MR) is 89.4 cm³/mol. The smallest absolute Gasteiger partial charge is 0.248 e. The van der Waals surface area contributed by atoms with E-state index in [4.69, 9.17) is 4.74 Å². The molecule has 0 radical (unpaired) electrons. The number of hydrogen-bond donors (Lipinski definition) is 0. The van der Waals surface area contributed by atoms with E-state index in [-0.39, 0.29) is 18.4 Å². The lowest BCUT2D eigenvalue weighted by molar-refractivity contribution is -0.136. The molecule has 1 amide bonds. The second kappa shape index (κ2) is 7.09. The summed E-state index contributed by atoms with van der Waals surface area (Å²) in [4.78, 5) is 23.1. The summed E-state index contributed by atoms with van der Waals surface area (Å²) in [5.41, 5.74) is 2.83. The molecule has 1 atom stereocenters. The number of methoxy groups -OCH3 is 1. The van der Waals surface area contributed by atoms with E-state index in [1.165, 1.54) is 0 Å². The summed E-state index contributed by atoms with van der Waals surface area (Å²) in [7, 11) is 3.45. The molecule has 0 aromatic carbocycles. The molecule has 2 aromatic rings. The number of nitrogens with zero attached hydrogens (tertiary/aromatic N) is 5. The Morgan fingerprint density at radius 3 is 2.96 bits per heavy atom. The van der Waals surface area contributed by atoms with Gasteiger partial charge in [0.2, 0.25) is 5.91 Å². The number of aryl methyl sites for hydroxylation is 2. The molecule has 1 aliphatic heterocycles. The minimum Gasteiger partial charge on any atom is -0.375 e. The molecule has 7 heteroatoms. The number of carbonyl (C=O) groups excluding carboxylic acids is 1. The predicted octanol–water partition coefficient (Wildman–Crippen LogP) is 1.54. The Morgan fingerprint density at radius 2 is 2.25 bits per heavy atom. The van der Waals surface area contributed by atoms with E-state index in [2.05, 4.69) is 15.1 Å². The topological polar surface area (TPSA) is 73.1 Å². The van der Waals surface area contributed by atoms with Crippen LogP contribution in [-0.2, 0) is 16.6 Å². The van der Waals surface area contributed by atoms with Gasteiger partial charge in [-0.2, -0.15) is 5.10 Å². The fourth-order valence-corrected chi connectivity index (χ4v) is 3.22. The third-order valence-electron chi connectivity index (χ3n) is 4.40. The molecule has 1 saturated heterocycles. The number of likely N-dealkylation sites (tertiary alicyclic amines) is 1. The normalized spacial score (nSPS) is 18.0. The van der Waals surface area contributed by atoms with Gasteiger partial charge in [0.1, 0.15) is 12.4 Å². The highest BCUT2D eigenvalue weighted by atomic mass is 16.5. The first-order chi connectivity index (χ1) is 11.6. The number of piperidine rings is 1. The van der Waals surface area contributed by atoms with Gasteiger partial charge in [0.05, 0.1) is 11.4 Å². The molecule has 1 aliphatic rings. The van der Waals surface area contributed by atoms with Crippen molar-refractivity contribution in [3.8, 4) is 11.4 Å². The van der Waals surface area contributed by atoms with Crippen LogP contribution in [0.1, 0.15) is 30.3 Å². The second-order valence-corrected chi connectivity index (χ2v) is 6.18. The van der Waals surface area contributed by atoms with Crippen LogP contribution in [0.2, 0.25) is 0 Å². The number of rotatable bonds is 4. The van der Waals surface area contributed by atoms with Crippen LogP contribution >= 0.6 is 0 Å². The number of aromatic nitrogens is 4. The Kier molecular flexibility index (Phi) is 4.89. The van der Waals surface area contributed by atoms with Crippen LogP contribution in [0.4, 0.5) is 0 Å². The molecule has 0 bridgehead atoms. The standard InChI is InChI=1S/C17H23N5O2/c1-12-19-14(9-15(20-12)16-6-7-18-21(16)2)13-5-4-8-22(10-13)17(23)11-24-3/h6-7,9,13H,4-5,8,10-11H2,1-3H3. The van der Waals surface area contributed by atoms with Gasteiger partial charge in [0.25, 0.3) is 0 Å². The molecule has 3 rings (SSSR count). The highest BCUT2D eigenvalue weighted by Gasteiger charge is 2.26. The van der Waals surface area contributed by atoms with E-state index in [0.717, 1.165) is 42.3 Å². The Morgan fingerprint density at radius 1 is 1.42 bits per heavy atom. The summed E-state index contributed by atoms with van der Waals surface area (Å²) in [5, 5.41) is 4.21. The molecule has 0 saturated carbocycles. The van der Waals surface area contributed by atoms with Gasteiger partial charge < -0.3 is 9.64 Å². The molecular formula is C17H23N5O2. The zero-order valence-corrected chi connectivity index (χ0v) is 14.4. The number of amides is 1. The van der Waals surface area contributed by atoms with Crippen LogP contribution in [0.3, 0.4) is 0 Å². The van der Waals surface area contributed by atoms with Gasteiger partial charge in [-0.1, -0.05) is 0 Å². The van der Waals surface area contributed by atoms with E-state index in [1.54, 1.807) is 18.0 Å². The van der Waals surface area contributed by atoms with Crippen molar-refractivity contribution in [2.45, 2.75) is 25.7 Å². The minimum absolute atomic E-state index is 0.0415. The third kappa shape index (κ3) is 3.46. The molecular weight excluding hydrogens is 306 g/mol. The van der Waals surface area contributed by atoms with Crippen molar-refractivity contribution in [3.63, 3.8) is 0 Å². The summed E-state index contributed by atoms with van der Waals surface area (Å²) >= 11 is 0. The maximum absolute atomic E-state index is 12.1. The van der Waals surface area contributed by atoms with Crippen LogP contribution < -0.4 is 0 Å². The van der Waals surface area contributed by atoms with Crippen LogP contribution in [-0.4, -0.2) is 57.4 Å². The monoisotopic (exact) mass is 329 g/mol. The maximum Gasteiger partial charge on any atom is 0.248 e. The van der Waals surface area contributed by atoms with E-state index < -0.39 is 0 Å². The van der Waals surface area contributed by atoms with Gasteiger partial charge in [-0.3, -0.25) is 9.48 Å². The van der Waals surface area contributed by atoms with Crippen molar-refractivity contribution < 1.29 is 9.53 Å². The highest BCUT2D eigenvalue weighted by Crippen LogP contribution is 2.28. The summed E-state index contributed by atoms with van der Waals surface area (Å²) in [6.07, 6.45) is 3.76. The van der Waals surface area contributed by atoms with Gasteiger partial charge in [-0.25, -0.2) is 9.97 Å². The van der Waals surface area contributed by atoms with Gasteiger partial charge in [0, 0.05) is 45.1 Å². The van der Waals surface area contributed by atoms with Crippen LogP contribution in [0.25, 0.3) is 11.4 Å². The molecule has 1 fully saturated rings. The summed E-state index contributed by atoms with van der Waals surface area (Å²) < 4.78 is 6.78. The molecule has 0 spiro atoms. The Bertz CT molecular complexity index is 728. The van der Waals surface area contributed by atoms with Gasteiger partial charge in [-0.15, -0.1) is 0 Å². The average Bonchev–Trinajstić information content (AvgIpc) is 3.01. The van der Waals surface area contributed by atoms with E-state index in [1.807, 2.05) is 31.0 Å². The SMILES string of the molecule is COCC(=O)N1CCCC(c2cc(-c3ccnn3C)nc(C)n2)C1. The quantitative estimate of drug-likeness (QED) is 0.851. The summed E-state index contributed by atoms with van der Waals surface area (Å²) in [6.45, 7) is 3.51. The lowest BCUT2D eigenvalue weighted by Gasteiger charge is -2.32.